The van der Waals surface area contributed by atoms with Gasteiger partial charge < -0.3 is 26.2 Å². The minimum atomic E-state index is -0.988. The van der Waals surface area contributed by atoms with E-state index in [1.165, 1.54) is 0 Å². The normalized spacial score (nSPS) is 11.4. The van der Waals surface area contributed by atoms with E-state index in [-0.39, 0.29) is 13.2 Å². The second kappa shape index (κ2) is 10.9. The van der Waals surface area contributed by atoms with Gasteiger partial charge in [0.25, 0.3) is 5.91 Å². The molecule has 3 aromatic rings. The smallest absolute Gasteiger partial charge is 0.408 e. The highest BCUT2D eigenvalue weighted by Gasteiger charge is 2.24. The fourth-order valence-corrected chi connectivity index (χ4v) is 2.99. The topological polar surface area (TPSA) is 114 Å². The number of aliphatic hydroxyl groups is 1. The van der Waals surface area contributed by atoms with Crippen LogP contribution >= 0.6 is 0 Å². The summed E-state index contributed by atoms with van der Waals surface area (Å²) in [6.07, 6.45) is -0.717. The van der Waals surface area contributed by atoms with Crippen molar-refractivity contribution in [1.82, 2.24) is 5.32 Å². The van der Waals surface area contributed by atoms with Gasteiger partial charge in [0.05, 0.1) is 6.61 Å². The lowest BCUT2D eigenvalue weighted by molar-refractivity contribution is -0.118. The van der Waals surface area contributed by atoms with Gasteiger partial charge in [-0.05, 0) is 34.4 Å². The molecule has 7 heteroatoms. The van der Waals surface area contributed by atoms with Gasteiger partial charge in [0.2, 0.25) is 0 Å². The molecule has 5 N–H and O–H groups in total. The molecule has 2 amide bonds. The van der Waals surface area contributed by atoms with Crippen molar-refractivity contribution in [3.8, 4) is 0 Å². The fraction of sp³-hybridized carbons (Fsp3) is 0.167. The van der Waals surface area contributed by atoms with E-state index in [2.05, 4.69) is 10.6 Å². The molecule has 0 bridgehead atoms. The van der Waals surface area contributed by atoms with Crippen LogP contribution in [0.3, 0.4) is 0 Å². The molecule has 0 saturated heterocycles. The van der Waals surface area contributed by atoms with Crippen molar-refractivity contribution >= 4 is 17.7 Å². The Bertz CT molecular complexity index is 1010. The number of anilines is 1. The fourth-order valence-electron chi connectivity index (χ4n) is 2.99. The van der Waals surface area contributed by atoms with Gasteiger partial charge >= 0.3 is 6.09 Å². The van der Waals surface area contributed by atoms with Crippen LogP contribution in [-0.2, 0) is 29.3 Å². The maximum atomic E-state index is 13.0. The quantitative estimate of drug-likeness (QED) is 0.448. The molecule has 160 valence electrons. The Morgan fingerprint density at radius 3 is 2.29 bits per heavy atom. The first-order chi connectivity index (χ1) is 15.1. The lowest BCUT2D eigenvalue weighted by Gasteiger charge is -2.19. The van der Waals surface area contributed by atoms with Gasteiger partial charge in [0.1, 0.15) is 12.6 Å². The Morgan fingerprint density at radius 1 is 0.903 bits per heavy atom. The highest BCUT2D eigenvalue weighted by molar-refractivity contribution is 5.97. The number of alkyl carbamates (subject to hydrolysis) is 1. The van der Waals surface area contributed by atoms with Crippen molar-refractivity contribution in [2.75, 3.05) is 5.32 Å². The van der Waals surface area contributed by atoms with Crippen LogP contribution in [0.15, 0.2) is 78.9 Å². The largest absolute Gasteiger partial charge is 0.445 e. The average molecular weight is 419 g/mol. The third kappa shape index (κ3) is 6.40. The number of aliphatic hydroxyl groups excluding tert-OH is 1. The van der Waals surface area contributed by atoms with Crippen molar-refractivity contribution in [1.29, 1.82) is 0 Å². The summed E-state index contributed by atoms with van der Waals surface area (Å²) in [7, 11) is 0. The molecule has 1 atom stereocenters. The standard InChI is InChI=1S/C24H25N3O4/c25-14-19-7-4-8-21(13-19)26-23(29)22(20-11-9-17(15-28)10-12-20)27-24(30)31-16-18-5-2-1-3-6-18/h1-13,22,28H,14-16,25H2,(H,26,29)(H,27,30)/t22-/m1/s1. The summed E-state index contributed by atoms with van der Waals surface area (Å²) in [5.41, 5.74) is 9.21. The van der Waals surface area contributed by atoms with Gasteiger partial charge in [-0.15, -0.1) is 0 Å². The maximum Gasteiger partial charge on any atom is 0.408 e. The van der Waals surface area contributed by atoms with Crippen molar-refractivity contribution in [3.63, 3.8) is 0 Å². The number of amides is 2. The first-order valence-corrected chi connectivity index (χ1v) is 9.86. The van der Waals surface area contributed by atoms with Gasteiger partial charge in [0, 0.05) is 12.2 Å². The second-order valence-electron chi connectivity index (χ2n) is 6.93. The minimum absolute atomic E-state index is 0.0863. The van der Waals surface area contributed by atoms with E-state index in [1.54, 1.807) is 42.5 Å². The van der Waals surface area contributed by atoms with E-state index in [9.17, 15) is 14.7 Å². The Morgan fingerprint density at radius 2 is 1.61 bits per heavy atom. The molecule has 0 fully saturated rings. The summed E-state index contributed by atoms with van der Waals surface area (Å²) < 4.78 is 5.28. The summed E-state index contributed by atoms with van der Waals surface area (Å²) in [4.78, 5) is 25.4. The summed E-state index contributed by atoms with van der Waals surface area (Å²) in [5, 5.41) is 14.7. The van der Waals surface area contributed by atoms with E-state index >= 15 is 0 Å². The van der Waals surface area contributed by atoms with Crippen LogP contribution in [0.4, 0.5) is 10.5 Å². The summed E-state index contributed by atoms with van der Waals surface area (Å²) in [5.74, 6) is -0.428. The van der Waals surface area contributed by atoms with E-state index < -0.39 is 18.0 Å². The maximum absolute atomic E-state index is 13.0. The van der Waals surface area contributed by atoms with Crippen molar-refractivity contribution in [3.05, 3.63) is 101 Å². The predicted octanol–water partition coefficient (Wildman–Crippen LogP) is 3.24. The molecule has 0 heterocycles. The lowest BCUT2D eigenvalue weighted by Crippen LogP contribution is -2.37. The van der Waals surface area contributed by atoms with Crippen molar-refractivity contribution in [2.24, 2.45) is 5.73 Å². The second-order valence-corrected chi connectivity index (χ2v) is 6.93. The third-order valence-corrected chi connectivity index (χ3v) is 4.66. The minimum Gasteiger partial charge on any atom is -0.445 e. The number of nitrogens with one attached hydrogen (secondary N) is 2. The van der Waals surface area contributed by atoms with E-state index in [0.29, 0.717) is 23.4 Å². The van der Waals surface area contributed by atoms with Crippen molar-refractivity contribution < 1.29 is 19.4 Å². The summed E-state index contributed by atoms with van der Waals surface area (Å²) >= 11 is 0. The molecule has 0 aromatic heterocycles. The first kappa shape index (κ1) is 22.0. The zero-order chi connectivity index (χ0) is 22.1. The number of hydrogen-bond donors (Lipinski definition) is 4. The van der Waals surface area contributed by atoms with Gasteiger partial charge in [-0.2, -0.15) is 0 Å². The summed E-state index contributed by atoms with van der Waals surface area (Å²) in [6.45, 7) is 0.318. The van der Waals surface area contributed by atoms with Crippen LogP contribution in [0.1, 0.15) is 28.3 Å². The molecule has 0 aliphatic heterocycles. The van der Waals surface area contributed by atoms with Crippen LogP contribution in [0.5, 0.6) is 0 Å². The van der Waals surface area contributed by atoms with E-state index in [1.807, 2.05) is 36.4 Å². The van der Waals surface area contributed by atoms with Crippen LogP contribution in [0.2, 0.25) is 0 Å². The Kier molecular flexibility index (Phi) is 7.75. The zero-order valence-corrected chi connectivity index (χ0v) is 17.0. The van der Waals surface area contributed by atoms with E-state index in [4.69, 9.17) is 10.5 Å². The Labute approximate surface area is 180 Å². The van der Waals surface area contributed by atoms with Gasteiger partial charge in [-0.1, -0.05) is 66.7 Å². The third-order valence-electron chi connectivity index (χ3n) is 4.66. The Hall–Kier alpha value is -3.68. The van der Waals surface area contributed by atoms with Crippen molar-refractivity contribution in [2.45, 2.75) is 25.8 Å². The SMILES string of the molecule is NCc1cccc(NC(=O)[C@H](NC(=O)OCc2ccccc2)c2ccc(CO)cc2)c1. The number of carbonyl (C=O) groups is 2. The highest BCUT2D eigenvalue weighted by Crippen LogP contribution is 2.19. The zero-order valence-electron chi connectivity index (χ0n) is 17.0. The molecule has 0 saturated carbocycles. The van der Waals surface area contributed by atoms with Crippen LogP contribution in [0, 0.1) is 0 Å². The predicted molar refractivity (Wildman–Crippen MR) is 118 cm³/mol. The molecule has 3 aromatic carbocycles. The van der Waals surface area contributed by atoms with Gasteiger partial charge in [0.15, 0.2) is 0 Å². The molecular formula is C24H25N3O4. The average Bonchev–Trinajstić information content (AvgIpc) is 2.82. The first-order valence-electron chi connectivity index (χ1n) is 9.86. The monoisotopic (exact) mass is 419 g/mol. The number of rotatable bonds is 8. The number of benzene rings is 3. The van der Waals surface area contributed by atoms with Gasteiger partial charge in [-0.3, -0.25) is 4.79 Å². The molecule has 3 rings (SSSR count). The number of carbonyl (C=O) groups excluding carboxylic acids is 2. The molecule has 7 nitrogen and oxygen atoms in total. The van der Waals surface area contributed by atoms with E-state index in [0.717, 1.165) is 11.1 Å². The molecule has 0 aliphatic rings. The number of ether oxygens (including phenoxy) is 1. The molecule has 0 radical (unpaired) electrons. The van der Waals surface area contributed by atoms with Gasteiger partial charge in [-0.25, -0.2) is 4.79 Å². The number of nitrogens with two attached hydrogens (primary N) is 1. The molecule has 0 aliphatic carbocycles. The van der Waals surface area contributed by atoms with Crippen LogP contribution in [-0.4, -0.2) is 17.1 Å². The molecular weight excluding hydrogens is 394 g/mol. The molecule has 0 unspecified atom stereocenters. The lowest BCUT2D eigenvalue weighted by atomic mass is 10.0. The number of hydrogen-bond acceptors (Lipinski definition) is 5. The molecule has 31 heavy (non-hydrogen) atoms. The summed E-state index contributed by atoms with van der Waals surface area (Å²) in [6, 6.07) is 22.2. The van der Waals surface area contributed by atoms with Crippen LogP contribution < -0.4 is 16.4 Å². The Balaban J connectivity index is 1.74. The molecule has 0 spiro atoms. The van der Waals surface area contributed by atoms with Crippen LogP contribution in [0.25, 0.3) is 0 Å². The highest BCUT2D eigenvalue weighted by atomic mass is 16.5.